The van der Waals surface area contributed by atoms with Crippen LogP contribution in [0.15, 0.2) is 23.1 Å². The largest absolute Gasteiger partial charge is 0.496 e. The molecule has 0 atom stereocenters. The van der Waals surface area contributed by atoms with Crippen molar-refractivity contribution in [2.45, 2.75) is 18.2 Å². The van der Waals surface area contributed by atoms with Crippen molar-refractivity contribution >= 4 is 23.5 Å². The summed E-state index contributed by atoms with van der Waals surface area (Å²) < 4.78 is 9.64. The van der Waals surface area contributed by atoms with Gasteiger partial charge < -0.3 is 9.47 Å². The molecule has 0 radical (unpaired) electrons. The number of rotatable bonds is 6. The van der Waals surface area contributed by atoms with E-state index in [1.54, 1.807) is 7.11 Å². The summed E-state index contributed by atoms with van der Waals surface area (Å²) >= 11 is 1.38. The van der Waals surface area contributed by atoms with E-state index in [1.165, 1.54) is 18.9 Å². The summed E-state index contributed by atoms with van der Waals surface area (Å²) in [6, 6.07) is 5.74. The van der Waals surface area contributed by atoms with Crippen LogP contribution >= 0.6 is 11.8 Å². The number of carbonyl (C=O) groups excluding carboxylic acids is 2. The Labute approximate surface area is 111 Å². The number of benzene rings is 1. The monoisotopic (exact) mass is 268 g/mol. The van der Waals surface area contributed by atoms with Crippen LogP contribution in [0.4, 0.5) is 0 Å². The molecule has 0 heterocycles. The van der Waals surface area contributed by atoms with Gasteiger partial charge in [-0.1, -0.05) is 6.07 Å². The molecule has 0 spiro atoms. The fourth-order valence-corrected chi connectivity index (χ4v) is 2.12. The number of esters is 1. The minimum atomic E-state index is -0.498. The van der Waals surface area contributed by atoms with Crippen LogP contribution in [0.25, 0.3) is 0 Å². The third-order valence-corrected chi connectivity index (χ3v) is 3.40. The zero-order valence-corrected chi connectivity index (χ0v) is 11.5. The van der Waals surface area contributed by atoms with Crippen LogP contribution in [0.3, 0.4) is 0 Å². The standard InChI is InChI=1S/C13H16O4S/c1-9-4-5-11(7-12(9)16-2)18-8-10(14)6-13(15)17-3/h4-5,7H,6,8H2,1-3H3. The summed E-state index contributed by atoms with van der Waals surface area (Å²) in [5, 5.41) is 0. The lowest BCUT2D eigenvalue weighted by atomic mass is 10.2. The Balaban J connectivity index is 2.53. The molecule has 0 aliphatic heterocycles. The molecule has 18 heavy (non-hydrogen) atoms. The molecule has 0 unspecified atom stereocenters. The van der Waals surface area contributed by atoms with E-state index in [0.29, 0.717) is 0 Å². The van der Waals surface area contributed by atoms with E-state index in [2.05, 4.69) is 4.74 Å². The first kappa shape index (κ1) is 14.6. The highest BCUT2D eigenvalue weighted by molar-refractivity contribution is 8.00. The summed E-state index contributed by atoms with van der Waals surface area (Å²) in [5.41, 5.74) is 1.04. The second-order valence-electron chi connectivity index (χ2n) is 3.71. The maximum absolute atomic E-state index is 11.5. The van der Waals surface area contributed by atoms with Crippen molar-refractivity contribution in [3.8, 4) is 5.75 Å². The predicted molar refractivity (Wildman–Crippen MR) is 70.1 cm³/mol. The van der Waals surface area contributed by atoms with E-state index in [0.717, 1.165) is 16.2 Å². The van der Waals surface area contributed by atoms with Crippen LogP contribution < -0.4 is 4.74 Å². The number of ketones is 1. The van der Waals surface area contributed by atoms with E-state index >= 15 is 0 Å². The first-order valence-electron chi connectivity index (χ1n) is 5.42. The number of Topliss-reactive ketones (excluding diaryl/α,β-unsaturated/α-hetero) is 1. The van der Waals surface area contributed by atoms with Crippen LogP contribution in [0.2, 0.25) is 0 Å². The van der Waals surface area contributed by atoms with Gasteiger partial charge in [0.25, 0.3) is 0 Å². The number of methoxy groups -OCH3 is 2. The molecule has 98 valence electrons. The Morgan fingerprint density at radius 1 is 1.28 bits per heavy atom. The minimum Gasteiger partial charge on any atom is -0.496 e. The van der Waals surface area contributed by atoms with Crippen LogP contribution in [0.5, 0.6) is 5.75 Å². The van der Waals surface area contributed by atoms with Crippen LogP contribution in [0, 0.1) is 6.92 Å². The average Bonchev–Trinajstić information content (AvgIpc) is 2.37. The van der Waals surface area contributed by atoms with Crippen molar-refractivity contribution in [3.63, 3.8) is 0 Å². The number of aryl methyl sites for hydroxylation is 1. The molecule has 1 rings (SSSR count). The van der Waals surface area contributed by atoms with Crippen molar-refractivity contribution in [2.24, 2.45) is 0 Å². The molecule has 0 bridgehead atoms. The predicted octanol–water partition coefficient (Wildman–Crippen LogP) is 2.23. The first-order valence-corrected chi connectivity index (χ1v) is 6.41. The number of hydrogen-bond donors (Lipinski definition) is 0. The van der Waals surface area contributed by atoms with Gasteiger partial charge in [0.1, 0.15) is 12.2 Å². The fourth-order valence-electron chi connectivity index (χ4n) is 1.34. The highest BCUT2D eigenvalue weighted by Gasteiger charge is 2.10. The highest BCUT2D eigenvalue weighted by Crippen LogP contribution is 2.26. The van der Waals surface area contributed by atoms with Gasteiger partial charge in [0.15, 0.2) is 5.78 Å². The molecule has 5 heteroatoms. The van der Waals surface area contributed by atoms with Crippen LogP contribution in [0.1, 0.15) is 12.0 Å². The molecule has 0 saturated carbocycles. The van der Waals surface area contributed by atoms with Gasteiger partial charge in [0.05, 0.1) is 20.0 Å². The third kappa shape index (κ3) is 4.41. The Bertz CT molecular complexity index is 443. The first-order chi connectivity index (χ1) is 8.56. The van der Waals surface area contributed by atoms with E-state index in [9.17, 15) is 9.59 Å². The lowest BCUT2D eigenvalue weighted by molar-refractivity contribution is -0.142. The van der Waals surface area contributed by atoms with Gasteiger partial charge in [-0.3, -0.25) is 9.59 Å². The van der Waals surface area contributed by atoms with Gasteiger partial charge >= 0.3 is 5.97 Å². The number of thioether (sulfide) groups is 1. The summed E-state index contributed by atoms with van der Waals surface area (Å²) in [5.74, 6) is 0.398. The van der Waals surface area contributed by atoms with Crippen LogP contribution in [-0.2, 0) is 14.3 Å². The van der Waals surface area contributed by atoms with Gasteiger partial charge in [-0.05, 0) is 24.6 Å². The molecule has 4 nitrogen and oxygen atoms in total. The van der Waals surface area contributed by atoms with Gasteiger partial charge in [0, 0.05) is 4.90 Å². The van der Waals surface area contributed by atoms with Crippen molar-refractivity contribution in [1.82, 2.24) is 0 Å². The quantitative estimate of drug-likeness (QED) is 0.450. The molecule has 1 aromatic carbocycles. The van der Waals surface area contributed by atoms with Gasteiger partial charge in [-0.15, -0.1) is 11.8 Å². The molecular formula is C13H16O4S. The zero-order chi connectivity index (χ0) is 13.5. The van der Waals surface area contributed by atoms with Crippen molar-refractivity contribution in [3.05, 3.63) is 23.8 Å². The molecular weight excluding hydrogens is 252 g/mol. The highest BCUT2D eigenvalue weighted by atomic mass is 32.2. The van der Waals surface area contributed by atoms with Crippen molar-refractivity contribution in [2.75, 3.05) is 20.0 Å². The van der Waals surface area contributed by atoms with Gasteiger partial charge in [0.2, 0.25) is 0 Å². The maximum atomic E-state index is 11.5. The van der Waals surface area contributed by atoms with Gasteiger partial charge in [-0.2, -0.15) is 0 Å². The van der Waals surface area contributed by atoms with Crippen molar-refractivity contribution < 1.29 is 19.1 Å². The average molecular weight is 268 g/mol. The maximum Gasteiger partial charge on any atom is 0.313 e. The Kier molecular flexibility index (Phi) is 5.71. The normalized spacial score (nSPS) is 9.94. The smallest absolute Gasteiger partial charge is 0.313 e. The summed E-state index contributed by atoms with van der Waals surface area (Å²) in [7, 11) is 2.88. The fraction of sp³-hybridized carbons (Fsp3) is 0.385. The minimum absolute atomic E-state index is 0.147. The SMILES string of the molecule is COC(=O)CC(=O)CSc1ccc(C)c(OC)c1. The molecule has 0 N–H and O–H groups in total. The molecule has 1 aromatic rings. The molecule has 0 aliphatic rings. The second-order valence-corrected chi connectivity index (χ2v) is 4.76. The summed E-state index contributed by atoms with van der Waals surface area (Å²) in [4.78, 5) is 23.3. The number of ether oxygens (including phenoxy) is 2. The topological polar surface area (TPSA) is 52.6 Å². The molecule has 0 aromatic heterocycles. The van der Waals surface area contributed by atoms with E-state index < -0.39 is 5.97 Å². The summed E-state index contributed by atoms with van der Waals surface area (Å²) in [6.45, 7) is 1.95. The molecule has 0 amide bonds. The zero-order valence-electron chi connectivity index (χ0n) is 10.7. The lowest BCUT2D eigenvalue weighted by Gasteiger charge is -2.07. The molecule has 0 saturated heterocycles. The number of hydrogen-bond acceptors (Lipinski definition) is 5. The Hall–Kier alpha value is -1.49. The second kappa shape index (κ2) is 7.06. The van der Waals surface area contributed by atoms with E-state index in [-0.39, 0.29) is 18.0 Å². The number of carbonyl (C=O) groups is 2. The summed E-state index contributed by atoms with van der Waals surface area (Å²) in [6.07, 6.45) is -0.174. The Morgan fingerprint density at radius 2 is 2.00 bits per heavy atom. The Morgan fingerprint density at radius 3 is 2.61 bits per heavy atom. The van der Waals surface area contributed by atoms with Gasteiger partial charge in [-0.25, -0.2) is 0 Å². The lowest BCUT2D eigenvalue weighted by Crippen LogP contribution is -2.10. The van der Waals surface area contributed by atoms with Crippen LogP contribution in [-0.4, -0.2) is 31.7 Å². The van der Waals surface area contributed by atoms with E-state index in [1.807, 2.05) is 25.1 Å². The van der Waals surface area contributed by atoms with E-state index in [4.69, 9.17) is 4.74 Å². The van der Waals surface area contributed by atoms with Crippen molar-refractivity contribution in [1.29, 1.82) is 0 Å². The molecule has 0 fully saturated rings. The third-order valence-electron chi connectivity index (χ3n) is 2.35. The molecule has 0 aliphatic carbocycles.